The highest BCUT2D eigenvalue weighted by molar-refractivity contribution is 8.16. The van der Waals surface area contributed by atoms with Crippen molar-refractivity contribution in [3.8, 4) is 22.3 Å². The average Bonchev–Trinajstić information content (AvgIpc) is 3.19. The lowest BCUT2D eigenvalue weighted by Crippen LogP contribution is -2.28. The Morgan fingerprint density at radius 3 is 2.19 bits per heavy atom. The maximum atomic E-state index is 4.64. The number of hydrogen-bond donors (Lipinski definition) is 0. The number of aliphatic imine (C=N–C) groups is 1. The average molecular weight is 369 g/mol. The molecule has 0 saturated heterocycles. The van der Waals surface area contributed by atoms with Gasteiger partial charge in [-0.3, -0.25) is 4.99 Å². The van der Waals surface area contributed by atoms with Crippen LogP contribution in [0.25, 0.3) is 28.0 Å². The molecule has 0 spiro atoms. The van der Waals surface area contributed by atoms with Crippen LogP contribution in [-0.2, 0) is 0 Å². The quantitative estimate of drug-likeness (QED) is 0.553. The van der Waals surface area contributed by atoms with Gasteiger partial charge in [0.1, 0.15) is 0 Å². The van der Waals surface area contributed by atoms with E-state index in [0.29, 0.717) is 0 Å². The first kappa shape index (κ1) is 16.4. The third-order valence-corrected chi connectivity index (χ3v) is 5.97. The Bertz CT molecular complexity index is 1020. The molecular formula is C24H20N2S. The van der Waals surface area contributed by atoms with Crippen molar-refractivity contribution in [2.75, 3.05) is 13.1 Å². The maximum absolute atomic E-state index is 4.64. The predicted molar refractivity (Wildman–Crippen MR) is 117 cm³/mol. The van der Waals surface area contributed by atoms with Gasteiger partial charge in [0.15, 0.2) is 5.17 Å². The van der Waals surface area contributed by atoms with Crippen LogP contribution in [-0.4, -0.2) is 23.2 Å². The summed E-state index contributed by atoms with van der Waals surface area (Å²) in [6, 6.07) is 28.2. The molecule has 0 N–H and O–H groups in total. The van der Waals surface area contributed by atoms with Crippen LogP contribution in [0, 0.1) is 0 Å². The fourth-order valence-corrected chi connectivity index (χ4v) is 4.61. The topological polar surface area (TPSA) is 15.6 Å². The highest BCUT2D eigenvalue weighted by atomic mass is 32.2. The van der Waals surface area contributed by atoms with Crippen molar-refractivity contribution < 1.29 is 0 Å². The Balaban J connectivity index is 1.44. The molecule has 2 aliphatic rings. The molecule has 2 nitrogen and oxygen atoms in total. The van der Waals surface area contributed by atoms with Crippen molar-refractivity contribution in [2.45, 2.75) is 6.42 Å². The van der Waals surface area contributed by atoms with Crippen molar-refractivity contribution in [3.05, 3.63) is 89.8 Å². The largest absolute Gasteiger partial charge is 0.320 e. The van der Waals surface area contributed by atoms with Gasteiger partial charge in [0, 0.05) is 18.5 Å². The summed E-state index contributed by atoms with van der Waals surface area (Å²) in [5.74, 6) is 0. The van der Waals surface area contributed by atoms with Gasteiger partial charge in [-0.25, -0.2) is 0 Å². The molecule has 27 heavy (non-hydrogen) atoms. The summed E-state index contributed by atoms with van der Waals surface area (Å²) in [6.07, 6.45) is 1.13. The molecule has 132 valence electrons. The molecule has 0 amide bonds. The minimum atomic E-state index is 0.952. The van der Waals surface area contributed by atoms with Crippen molar-refractivity contribution >= 4 is 22.6 Å². The Hall–Kier alpha value is -2.78. The summed E-state index contributed by atoms with van der Waals surface area (Å²) in [5.41, 5.74) is 7.54. The first-order valence-electron chi connectivity index (χ1n) is 9.34. The number of hydrogen-bond acceptors (Lipinski definition) is 3. The van der Waals surface area contributed by atoms with E-state index < -0.39 is 0 Å². The normalized spacial score (nSPS) is 15.9. The van der Waals surface area contributed by atoms with Crippen LogP contribution in [0.3, 0.4) is 0 Å². The zero-order valence-electron chi connectivity index (χ0n) is 15.0. The highest BCUT2D eigenvalue weighted by Gasteiger charge is 2.25. The van der Waals surface area contributed by atoms with Gasteiger partial charge < -0.3 is 4.90 Å². The van der Waals surface area contributed by atoms with Gasteiger partial charge in [-0.15, -0.1) is 0 Å². The monoisotopic (exact) mass is 368 g/mol. The van der Waals surface area contributed by atoms with Crippen LogP contribution >= 0.6 is 11.8 Å². The van der Waals surface area contributed by atoms with E-state index in [9.17, 15) is 0 Å². The zero-order chi connectivity index (χ0) is 18.1. The molecule has 2 heterocycles. The van der Waals surface area contributed by atoms with Gasteiger partial charge in [0.25, 0.3) is 0 Å². The Kier molecular flexibility index (Phi) is 4.30. The van der Waals surface area contributed by atoms with E-state index in [-0.39, 0.29) is 0 Å². The second-order valence-corrected chi connectivity index (χ2v) is 7.65. The highest BCUT2D eigenvalue weighted by Crippen LogP contribution is 2.36. The number of rotatable bonds is 3. The van der Waals surface area contributed by atoms with Crippen LogP contribution in [0.4, 0.5) is 0 Å². The van der Waals surface area contributed by atoms with Gasteiger partial charge in [-0.2, -0.15) is 0 Å². The smallest absolute Gasteiger partial charge is 0.168 e. The zero-order valence-corrected chi connectivity index (χ0v) is 15.8. The molecule has 3 aromatic carbocycles. The van der Waals surface area contributed by atoms with Gasteiger partial charge in [0.05, 0.1) is 5.70 Å². The minimum Gasteiger partial charge on any atom is -0.320 e. The predicted octanol–water partition coefficient (Wildman–Crippen LogP) is 6.13. The second-order valence-electron chi connectivity index (χ2n) is 6.81. The van der Waals surface area contributed by atoms with Crippen molar-refractivity contribution in [3.63, 3.8) is 0 Å². The number of benzene rings is 3. The van der Waals surface area contributed by atoms with E-state index >= 15 is 0 Å². The van der Waals surface area contributed by atoms with Crippen LogP contribution in [0.1, 0.15) is 12.0 Å². The molecule has 0 radical (unpaired) electrons. The van der Waals surface area contributed by atoms with Gasteiger partial charge >= 0.3 is 0 Å². The molecule has 3 aromatic rings. The fraction of sp³-hybridized carbons (Fsp3) is 0.125. The number of fused-ring (bicyclic) bond motifs is 1. The summed E-state index contributed by atoms with van der Waals surface area (Å²) in [7, 11) is 0. The van der Waals surface area contributed by atoms with E-state index in [1.54, 1.807) is 11.8 Å². The molecule has 0 atom stereocenters. The van der Waals surface area contributed by atoms with Crippen LogP contribution in [0.5, 0.6) is 0 Å². The molecule has 5 rings (SSSR count). The molecule has 0 bridgehead atoms. The molecule has 0 aliphatic carbocycles. The lowest BCUT2D eigenvalue weighted by Gasteiger charge is -2.25. The van der Waals surface area contributed by atoms with Crippen LogP contribution in [0.2, 0.25) is 0 Å². The van der Waals surface area contributed by atoms with Crippen LogP contribution in [0.15, 0.2) is 89.3 Å². The Morgan fingerprint density at radius 1 is 0.704 bits per heavy atom. The van der Waals surface area contributed by atoms with E-state index in [2.05, 4.69) is 94.2 Å². The van der Waals surface area contributed by atoms with Crippen molar-refractivity contribution in [1.29, 1.82) is 0 Å². The molecular weight excluding hydrogens is 348 g/mol. The number of thioether (sulfide) groups is 1. The molecule has 0 fully saturated rings. The fourth-order valence-electron chi connectivity index (χ4n) is 3.65. The Labute approximate surface area is 164 Å². The minimum absolute atomic E-state index is 0.952. The summed E-state index contributed by atoms with van der Waals surface area (Å²) >= 11 is 1.74. The molecule has 0 aromatic heterocycles. The van der Waals surface area contributed by atoms with E-state index in [1.807, 2.05) is 0 Å². The molecule has 2 aliphatic heterocycles. The van der Waals surface area contributed by atoms with Gasteiger partial charge in [-0.1, -0.05) is 84.6 Å². The molecule has 0 unspecified atom stereocenters. The van der Waals surface area contributed by atoms with Gasteiger partial charge in [-0.05, 0) is 40.3 Å². The summed E-state index contributed by atoms with van der Waals surface area (Å²) in [6.45, 7) is 2.02. The SMILES string of the molecule is C1=C(c2cccc(-c3ccc(-c4ccccc4)cc3)c2)N2CCCN=C2S1. The third-order valence-electron chi connectivity index (χ3n) is 5.07. The lowest BCUT2D eigenvalue weighted by atomic mass is 9.98. The van der Waals surface area contributed by atoms with E-state index in [4.69, 9.17) is 0 Å². The summed E-state index contributed by atoms with van der Waals surface area (Å²) in [5, 5.41) is 3.38. The third kappa shape index (κ3) is 3.19. The first-order valence-corrected chi connectivity index (χ1v) is 10.2. The second kappa shape index (κ2) is 7.09. The van der Waals surface area contributed by atoms with Crippen molar-refractivity contribution in [1.82, 2.24) is 4.90 Å². The number of amidine groups is 1. The van der Waals surface area contributed by atoms with E-state index in [0.717, 1.165) is 24.7 Å². The van der Waals surface area contributed by atoms with Gasteiger partial charge in [0.2, 0.25) is 0 Å². The first-order chi connectivity index (χ1) is 13.4. The summed E-state index contributed by atoms with van der Waals surface area (Å²) in [4.78, 5) is 6.99. The van der Waals surface area contributed by atoms with E-state index in [1.165, 1.54) is 33.5 Å². The summed E-state index contributed by atoms with van der Waals surface area (Å²) < 4.78 is 0. The van der Waals surface area contributed by atoms with Crippen LogP contribution < -0.4 is 0 Å². The Morgan fingerprint density at radius 2 is 1.37 bits per heavy atom. The lowest BCUT2D eigenvalue weighted by molar-refractivity contribution is 0.542. The maximum Gasteiger partial charge on any atom is 0.168 e. The molecule has 0 saturated carbocycles. The van der Waals surface area contributed by atoms with Crippen molar-refractivity contribution in [2.24, 2.45) is 4.99 Å². The molecule has 3 heteroatoms. The number of nitrogens with zero attached hydrogens (tertiary/aromatic N) is 2. The standard InChI is InChI=1S/C24H20N2S/c1-2-6-18(7-3-1)19-10-12-20(13-11-19)21-8-4-9-22(16-21)23-17-27-24-25-14-5-15-26(23)24/h1-4,6-13,16-17H,5,14-15H2.